The van der Waals surface area contributed by atoms with Gasteiger partial charge in [-0.25, -0.2) is 14.4 Å². The Balaban J connectivity index is 0.722. The van der Waals surface area contributed by atoms with E-state index < -0.39 is 29.7 Å². The van der Waals surface area contributed by atoms with Crippen LogP contribution in [0.25, 0.3) is 11.1 Å². The number of aryl methyl sites for hydroxylation is 1. The molecule has 330 valence electrons. The Labute approximate surface area is 373 Å². The summed E-state index contributed by atoms with van der Waals surface area (Å²) in [7, 11) is 0. The number of nitrogens with zero attached hydrogens (tertiary/aromatic N) is 7. The van der Waals surface area contributed by atoms with Crippen LogP contribution in [0.1, 0.15) is 76.9 Å². The van der Waals surface area contributed by atoms with Gasteiger partial charge in [0.25, 0.3) is 11.8 Å². The summed E-state index contributed by atoms with van der Waals surface area (Å²) in [4.78, 5) is 81.7. The van der Waals surface area contributed by atoms with E-state index in [-0.39, 0.29) is 35.4 Å². The number of rotatable bonds is 11. The number of carbonyl (C=O) groups excluding carboxylic acids is 5. The number of imidazole rings is 1. The first-order valence-corrected chi connectivity index (χ1v) is 23.0. The second-order valence-corrected chi connectivity index (χ2v) is 18.1. The topological polar surface area (TPSA) is 165 Å². The van der Waals surface area contributed by atoms with Crippen LogP contribution in [0.3, 0.4) is 0 Å². The SMILES string of the molecule is O=C1CC[C@@H](Nc2ccc(C3CCN(CC(=O)N4CCN(c5ccc(-c6cc(F)c7c(c6)C(=O)N(C(C(=O)Nc6nccs6)c6ncn8c6CCC8)C7)cc5)CC4)CC3)cc2)C(=O)N1. The molecule has 17 heteroatoms. The molecule has 3 N–H and O–H groups in total. The highest BCUT2D eigenvalue weighted by Crippen LogP contribution is 2.38. The van der Waals surface area contributed by atoms with Crippen LogP contribution in [-0.2, 0) is 38.7 Å². The zero-order valence-corrected chi connectivity index (χ0v) is 36.1. The minimum Gasteiger partial charge on any atom is -0.374 e. The van der Waals surface area contributed by atoms with Gasteiger partial charge in [0, 0.05) is 78.9 Å². The average Bonchev–Trinajstić information content (AvgIpc) is 4.14. The molecule has 5 aliphatic heterocycles. The molecule has 0 aliphatic carbocycles. The molecule has 0 saturated carbocycles. The lowest BCUT2D eigenvalue weighted by atomic mass is 9.89. The van der Waals surface area contributed by atoms with Crippen molar-refractivity contribution in [2.45, 2.75) is 69.6 Å². The van der Waals surface area contributed by atoms with Crippen molar-refractivity contribution in [3.8, 4) is 11.1 Å². The summed E-state index contributed by atoms with van der Waals surface area (Å²) in [6.45, 7) is 5.45. The van der Waals surface area contributed by atoms with Crippen LogP contribution in [0.4, 0.5) is 20.9 Å². The molecule has 0 radical (unpaired) electrons. The highest BCUT2D eigenvalue weighted by Gasteiger charge is 2.42. The maximum Gasteiger partial charge on any atom is 0.255 e. The van der Waals surface area contributed by atoms with Crippen LogP contribution < -0.4 is 20.9 Å². The zero-order chi connectivity index (χ0) is 43.9. The van der Waals surface area contributed by atoms with E-state index in [1.165, 1.54) is 27.9 Å². The number of hydrogen-bond acceptors (Lipinski definition) is 11. The fourth-order valence-electron chi connectivity index (χ4n) is 9.84. The molecule has 15 nitrogen and oxygen atoms in total. The number of halogens is 1. The van der Waals surface area contributed by atoms with Gasteiger partial charge in [0.2, 0.25) is 17.7 Å². The molecule has 64 heavy (non-hydrogen) atoms. The number of hydrogen-bond donors (Lipinski definition) is 3. The second kappa shape index (κ2) is 17.6. The van der Waals surface area contributed by atoms with Crippen molar-refractivity contribution in [2.24, 2.45) is 0 Å². The molecule has 3 saturated heterocycles. The Morgan fingerprint density at radius 3 is 2.39 bits per heavy atom. The number of piperazine rings is 1. The Hall–Kier alpha value is -6.46. The second-order valence-electron chi connectivity index (χ2n) is 17.3. The van der Waals surface area contributed by atoms with Crippen molar-refractivity contribution in [3.63, 3.8) is 0 Å². The largest absolute Gasteiger partial charge is 0.374 e. The first kappa shape index (κ1) is 41.5. The molecule has 7 heterocycles. The summed E-state index contributed by atoms with van der Waals surface area (Å²) in [6.07, 6.45) is 7.71. The van der Waals surface area contributed by atoms with E-state index in [1.54, 1.807) is 24.0 Å². The molecule has 0 spiro atoms. The number of aromatic nitrogens is 3. The molecule has 0 bridgehead atoms. The molecule has 5 aromatic rings. The monoisotopic (exact) mass is 884 g/mol. The first-order chi connectivity index (χ1) is 31.1. The Morgan fingerprint density at radius 2 is 1.66 bits per heavy atom. The highest BCUT2D eigenvalue weighted by molar-refractivity contribution is 7.13. The number of anilines is 3. The maximum absolute atomic E-state index is 15.9. The fourth-order valence-corrected chi connectivity index (χ4v) is 10.4. The van der Waals surface area contributed by atoms with Gasteiger partial charge in [-0.05, 0) is 104 Å². The van der Waals surface area contributed by atoms with E-state index in [4.69, 9.17) is 0 Å². The number of benzene rings is 3. The van der Waals surface area contributed by atoms with Crippen LogP contribution >= 0.6 is 11.3 Å². The van der Waals surface area contributed by atoms with Gasteiger partial charge < -0.3 is 24.6 Å². The number of amides is 5. The number of piperidine rings is 2. The van der Waals surface area contributed by atoms with Gasteiger partial charge in [-0.1, -0.05) is 24.3 Å². The van der Waals surface area contributed by atoms with Crippen LogP contribution in [0.15, 0.2) is 78.6 Å². The predicted octanol–water partition coefficient (Wildman–Crippen LogP) is 5.17. The predicted molar refractivity (Wildman–Crippen MR) is 239 cm³/mol. The molecule has 10 rings (SSSR count). The van der Waals surface area contributed by atoms with Crippen molar-refractivity contribution in [3.05, 3.63) is 112 Å². The van der Waals surface area contributed by atoms with Gasteiger partial charge in [-0.3, -0.25) is 39.5 Å². The molecular formula is C47H49FN10O5S. The van der Waals surface area contributed by atoms with Gasteiger partial charge in [0.1, 0.15) is 11.9 Å². The smallest absolute Gasteiger partial charge is 0.255 e. The fraction of sp³-hybridized carbons (Fsp3) is 0.383. The quantitative estimate of drug-likeness (QED) is 0.151. The summed E-state index contributed by atoms with van der Waals surface area (Å²) in [5, 5.41) is 10.6. The minimum absolute atomic E-state index is 0.0557. The van der Waals surface area contributed by atoms with Gasteiger partial charge in [0.15, 0.2) is 11.2 Å². The summed E-state index contributed by atoms with van der Waals surface area (Å²) in [6, 6.07) is 17.8. The maximum atomic E-state index is 15.9. The molecular weight excluding hydrogens is 836 g/mol. The van der Waals surface area contributed by atoms with Crippen molar-refractivity contribution in [2.75, 3.05) is 61.3 Å². The molecule has 2 atom stereocenters. The van der Waals surface area contributed by atoms with Crippen LogP contribution in [0.2, 0.25) is 0 Å². The van der Waals surface area contributed by atoms with Crippen molar-refractivity contribution in [1.29, 1.82) is 0 Å². The summed E-state index contributed by atoms with van der Waals surface area (Å²) in [5.74, 6) is -1.33. The van der Waals surface area contributed by atoms with Crippen LogP contribution in [0, 0.1) is 5.82 Å². The van der Waals surface area contributed by atoms with Gasteiger partial charge in [-0.2, -0.15) is 0 Å². The third-order valence-corrected chi connectivity index (χ3v) is 14.1. The highest BCUT2D eigenvalue weighted by atomic mass is 32.1. The molecule has 1 unspecified atom stereocenters. The molecule has 5 aliphatic rings. The summed E-state index contributed by atoms with van der Waals surface area (Å²) in [5.41, 5.74) is 6.36. The standard InChI is InChI=1S/C47H49FN10O5S/c48-37-25-32(24-35-36(37)26-58(46(35)63)43(45(62)53-47-49-15-23-64-47)42-39-2-1-16-57(39)28-50-42)30-5-9-34(10-6-30)55-19-21-56(22-20-55)41(60)27-54-17-13-31(14-18-54)29-3-7-33(8-4-29)51-38-11-12-40(59)52-44(38)61/h3-10,15,23-25,28,31,38,43,51H,1-2,11-14,16-22,26-27H2,(H,49,53,62)(H,52,59,61)/t38-,43?/m1/s1. The first-order valence-electron chi connectivity index (χ1n) is 22.1. The van der Waals surface area contributed by atoms with E-state index in [9.17, 15) is 24.0 Å². The van der Waals surface area contributed by atoms with E-state index in [0.717, 1.165) is 67.9 Å². The zero-order valence-electron chi connectivity index (χ0n) is 35.3. The molecule has 3 fully saturated rings. The average molecular weight is 885 g/mol. The van der Waals surface area contributed by atoms with E-state index in [0.29, 0.717) is 67.9 Å². The number of imide groups is 1. The van der Waals surface area contributed by atoms with Crippen LogP contribution in [-0.4, -0.2) is 111 Å². The number of nitrogens with one attached hydrogen (secondary N) is 3. The molecule has 2 aromatic heterocycles. The third kappa shape index (κ3) is 8.36. The Bertz CT molecular complexity index is 2580. The van der Waals surface area contributed by atoms with E-state index in [2.05, 4.69) is 47.9 Å². The number of carbonyl (C=O) groups is 5. The number of thiazole rings is 1. The van der Waals surface area contributed by atoms with Gasteiger partial charge in [-0.15, -0.1) is 11.3 Å². The lowest BCUT2D eigenvalue weighted by molar-refractivity contribution is -0.134. The molecule has 5 amide bonds. The lowest BCUT2D eigenvalue weighted by Crippen LogP contribution is -2.51. The van der Waals surface area contributed by atoms with E-state index >= 15 is 4.39 Å². The molecule has 3 aromatic carbocycles. The van der Waals surface area contributed by atoms with E-state index in [1.807, 2.05) is 45.9 Å². The van der Waals surface area contributed by atoms with Crippen molar-refractivity contribution in [1.82, 2.24) is 34.6 Å². The van der Waals surface area contributed by atoms with Crippen molar-refractivity contribution >= 4 is 57.4 Å². The Kier molecular flexibility index (Phi) is 11.4. The lowest BCUT2D eigenvalue weighted by Gasteiger charge is -2.38. The van der Waals surface area contributed by atoms with Gasteiger partial charge >= 0.3 is 0 Å². The van der Waals surface area contributed by atoms with Crippen molar-refractivity contribution < 1.29 is 28.4 Å². The number of fused-ring (bicyclic) bond motifs is 2. The Morgan fingerprint density at radius 1 is 0.875 bits per heavy atom. The van der Waals surface area contributed by atoms with Gasteiger partial charge in [0.05, 0.1) is 25.1 Å². The number of likely N-dealkylation sites (tertiary alicyclic amines) is 1. The van der Waals surface area contributed by atoms with Crippen LogP contribution in [0.5, 0.6) is 0 Å². The summed E-state index contributed by atoms with van der Waals surface area (Å²) < 4.78 is 18.0. The third-order valence-electron chi connectivity index (χ3n) is 13.4. The normalized spacial score (nSPS) is 19.7. The minimum atomic E-state index is -1.05. The summed E-state index contributed by atoms with van der Waals surface area (Å²) >= 11 is 1.28.